The number of rotatable bonds is 8. The molecule has 0 bridgehead atoms. The summed E-state index contributed by atoms with van der Waals surface area (Å²) in [4.78, 5) is 0. The second-order valence-electron chi connectivity index (χ2n) is 5.77. The van der Waals surface area contributed by atoms with Gasteiger partial charge in [-0.25, -0.2) is 4.39 Å². The first-order chi connectivity index (χ1) is 9.79. The highest BCUT2D eigenvalue weighted by Gasteiger charge is 2.15. The van der Waals surface area contributed by atoms with Crippen LogP contribution in [0.4, 0.5) is 4.39 Å². The molecule has 2 rings (SSSR count). The second-order valence-corrected chi connectivity index (χ2v) is 5.77. The summed E-state index contributed by atoms with van der Waals surface area (Å²) in [5.41, 5.74) is 1.80. The Kier molecular flexibility index (Phi) is 6.48. The third-order valence-electron chi connectivity index (χ3n) is 3.95. The average molecular weight is 279 g/mol. The Morgan fingerprint density at radius 3 is 2.85 bits per heavy atom. The van der Waals surface area contributed by atoms with Crippen LogP contribution in [0.3, 0.4) is 0 Å². The van der Waals surface area contributed by atoms with Gasteiger partial charge in [-0.1, -0.05) is 25.8 Å². The molecule has 1 saturated carbocycles. The molecule has 0 heterocycles. The Morgan fingerprint density at radius 2 is 2.10 bits per heavy atom. The number of nitrogens with one attached hydrogen (secondary N) is 1. The molecule has 1 aliphatic carbocycles. The van der Waals surface area contributed by atoms with Crippen LogP contribution in [-0.2, 0) is 17.9 Å². The largest absolute Gasteiger partial charge is 0.376 e. The molecule has 2 nitrogen and oxygen atoms in total. The summed E-state index contributed by atoms with van der Waals surface area (Å²) in [6, 6.07) is 5.32. The third-order valence-corrected chi connectivity index (χ3v) is 3.95. The molecule has 1 N–H and O–H groups in total. The number of benzene rings is 1. The molecule has 0 unspecified atom stereocenters. The molecule has 0 radical (unpaired) electrons. The van der Waals surface area contributed by atoms with Crippen LogP contribution < -0.4 is 5.32 Å². The van der Waals surface area contributed by atoms with Crippen LogP contribution in [0.25, 0.3) is 0 Å². The van der Waals surface area contributed by atoms with Crippen molar-refractivity contribution in [3.8, 4) is 0 Å². The van der Waals surface area contributed by atoms with Gasteiger partial charge in [0.1, 0.15) is 5.82 Å². The van der Waals surface area contributed by atoms with Crippen molar-refractivity contribution in [3.05, 3.63) is 35.1 Å². The van der Waals surface area contributed by atoms with E-state index in [4.69, 9.17) is 4.74 Å². The van der Waals surface area contributed by atoms with Crippen LogP contribution >= 0.6 is 0 Å². The third kappa shape index (κ3) is 4.88. The Bertz CT molecular complexity index is 402. The fraction of sp³-hybridized carbons (Fsp3) is 0.647. The number of ether oxygens (including phenoxy) is 1. The standard InChI is InChI=1S/C17H26FNO/c1-2-9-19-11-15-7-8-17(18)16(10-15)13-20-12-14-5-3-4-6-14/h7-8,10,14,19H,2-6,9,11-13H2,1H3. The maximum absolute atomic E-state index is 13.8. The van der Waals surface area contributed by atoms with Gasteiger partial charge in [0.15, 0.2) is 0 Å². The second kappa shape index (κ2) is 8.38. The van der Waals surface area contributed by atoms with Crippen molar-refractivity contribution in [2.45, 2.75) is 52.2 Å². The van der Waals surface area contributed by atoms with E-state index in [0.29, 0.717) is 18.1 Å². The van der Waals surface area contributed by atoms with E-state index in [9.17, 15) is 4.39 Å². The van der Waals surface area contributed by atoms with Gasteiger partial charge >= 0.3 is 0 Å². The molecule has 0 spiro atoms. The van der Waals surface area contributed by atoms with E-state index in [0.717, 1.165) is 31.7 Å². The van der Waals surface area contributed by atoms with Crippen LogP contribution in [0.5, 0.6) is 0 Å². The number of hydrogen-bond donors (Lipinski definition) is 1. The molecule has 0 saturated heterocycles. The SMILES string of the molecule is CCCNCc1ccc(F)c(COCC2CCCC2)c1. The first kappa shape index (κ1) is 15.5. The Hall–Kier alpha value is -0.930. The molecule has 0 amide bonds. The molecule has 112 valence electrons. The number of halogens is 1. The van der Waals surface area contributed by atoms with Crippen molar-refractivity contribution >= 4 is 0 Å². The predicted molar refractivity (Wildman–Crippen MR) is 80.0 cm³/mol. The maximum Gasteiger partial charge on any atom is 0.128 e. The molecular weight excluding hydrogens is 253 g/mol. The maximum atomic E-state index is 13.8. The van der Waals surface area contributed by atoms with Gasteiger partial charge in [-0.05, 0) is 49.4 Å². The lowest BCUT2D eigenvalue weighted by Crippen LogP contribution is -2.14. The van der Waals surface area contributed by atoms with Gasteiger partial charge in [0, 0.05) is 18.7 Å². The molecule has 0 aromatic heterocycles. The van der Waals surface area contributed by atoms with Crippen molar-refractivity contribution in [1.29, 1.82) is 0 Å². The fourth-order valence-corrected chi connectivity index (χ4v) is 2.77. The molecule has 0 aliphatic heterocycles. The molecule has 3 heteroatoms. The minimum absolute atomic E-state index is 0.157. The van der Waals surface area contributed by atoms with Gasteiger partial charge in [-0.15, -0.1) is 0 Å². The summed E-state index contributed by atoms with van der Waals surface area (Å²) in [5, 5.41) is 3.34. The summed E-state index contributed by atoms with van der Waals surface area (Å²) in [6.45, 7) is 5.09. The molecule has 20 heavy (non-hydrogen) atoms. The van der Waals surface area contributed by atoms with Gasteiger partial charge in [0.2, 0.25) is 0 Å². The van der Waals surface area contributed by atoms with Crippen molar-refractivity contribution in [3.63, 3.8) is 0 Å². The van der Waals surface area contributed by atoms with E-state index in [1.165, 1.54) is 25.7 Å². The summed E-state index contributed by atoms with van der Waals surface area (Å²) in [6.07, 6.45) is 6.29. The monoisotopic (exact) mass is 279 g/mol. The van der Waals surface area contributed by atoms with Crippen LogP contribution in [0.15, 0.2) is 18.2 Å². The van der Waals surface area contributed by atoms with Crippen LogP contribution in [0, 0.1) is 11.7 Å². The lowest BCUT2D eigenvalue weighted by molar-refractivity contribution is 0.0869. The van der Waals surface area contributed by atoms with Gasteiger partial charge in [0.05, 0.1) is 6.61 Å². The van der Waals surface area contributed by atoms with E-state index in [1.54, 1.807) is 6.07 Å². The zero-order chi connectivity index (χ0) is 14.2. The van der Waals surface area contributed by atoms with Crippen molar-refractivity contribution in [2.24, 2.45) is 5.92 Å². The summed E-state index contributed by atoms with van der Waals surface area (Å²) in [5.74, 6) is 0.531. The molecular formula is C17H26FNO. The van der Waals surface area contributed by atoms with Crippen LogP contribution in [-0.4, -0.2) is 13.2 Å². The summed E-state index contributed by atoms with van der Waals surface area (Å²) < 4.78 is 19.5. The normalized spacial score (nSPS) is 15.9. The fourth-order valence-electron chi connectivity index (χ4n) is 2.77. The zero-order valence-electron chi connectivity index (χ0n) is 12.5. The Balaban J connectivity index is 1.80. The van der Waals surface area contributed by atoms with E-state index < -0.39 is 0 Å². The smallest absolute Gasteiger partial charge is 0.128 e. The summed E-state index contributed by atoms with van der Waals surface area (Å²) >= 11 is 0. The molecule has 1 aromatic carbocycles. The van der Waals surface area contributed by atoms with E-state index in [2.05, 4.69) is 12.2 Å². The Labute approximate surface area is 121 Å². The van der Waals surface area contributed by atoms with Crippen molar-refractivity contribution < 1.29 is 9.13 Å². The van der Waals surface area contributed by atoms with E-state index in [-0.39, 0.29) is 5.82 Å². The van der Waals surface area contributed by atoms with Gasteiger partial charge in [0.25, 0.3) is 0 Å². The minimum Gasteiger partial charge on any atom is -0.376 e. The number of hydrogen-bond acceptors (Lipinski definition) is 2. The van der Waals surface area contributed by atoms with Crippen molar-refractivity contribution in [1.82, 2.24) is 5.32 Å². The topological polar surface area (TPSA) is 21.3 Å². The highest BCUT2D eigenvalue weighted by atomic mass is 19.1. The summed E-state index contributed by atoms with van der Waals surface area (Å²) in [7, 11) is 0. The quantitative estimate of drug-likeness (QED) is 0.725. The lowest BCUT2D eigenvalue weighted by Gasteiger charge is -2.11. The van der Waals surface area contributed by atoms with E-state index in [1.807, 2.05) is 12.1 Å². The molecule has 0 atom stereocenters. The lowest BCUT2D eigenvalue weighted by atomic mass is 10.1. The molecule has 1 aromatic rings. The average Bonchev–Trinajstić information content (AvgIpc) is 2.95. The minimum atomic E-state index is -0.157. The van der Waals surface area contributed by atoms with Crippen molar-refractivity contribution in [2.75, 3.05) is 13.2 Å². The zero-order valence-corrected chi connectivity index (χ0v) is 12.5. The molecule has 1 fully saturated rings. The molecule has 1 aliphatic rings. The highest BCUT2D eigenvalue weighted by molar-refractivity contribution is 5.24. The van der Waals surface area contributed by atoms with Gasteiger partial charge < -0.3 is 10.1 Å². The highest BCUT2D eigenvalue weighted by Crippen LogP contribution is 2.25. The van der Waals surface area contributed by atoms with Crippen LogP contribution in [0.2, 0.25) is 0 Å². The van der Waals surface area contributed by atoms with Gasteiger partial charge in [-0.2, -0.15) is 0 Å². The van der Waals surface area contributed by atoms with Gasteiger partial charge in [-0.3, -0.25) is 0 Å². The van der Waals surface area contributed by atoms with Crippen LogP contribution in [0.1, 0.15) is 50.2 Å². The first-order valence-electron chi connectivity index (χ1n) is 7.85. The van der Waals surface area contributed by atoms with E-state index >= 15 is 0 Å². The Morgan fingerprint density at radius 1 is 1.30 bits per heavy atom. The first-order valence-corrected chi connectivity index (χ1v) is 7.85. The predicted octanol–water partition coefficient (Wildman–Crippen LogP) is 4.03.